The molecule has 0 spiro atoms. The summed E-state index contributed by atoms with van der Waals surface area (Å²) in [6, 6.07) is 4.95. The molecule has 0 atom stereocenters. The maximum atomic E-state index is 12.3. The summed E-state index contributed by atoms with van der Waals surface area (Å²) >= 11 is 1.20. The minimum atomic E-state index is -0.362. The van der Waals surface area contributed by atoms with E-state index in [1.165, 1.54) is 17.6 Å². The minimum Gasteiger partial charge on any atom is -0.459 e. The van der Waals surface area contributed by atoms with Crippen molar-refractivity contribution in [1.29, 1.82) is 0 Å². The molecule has 0 aromatic carbocycles. The van der Waals surface area contributed by atoms with Gasteiger partial charge in [-0.3, -0.25) is 14.4 Å². The van der Waals surface area contributed by atoms with Crippen molar-refractivity contribution in [2.24, 2.45) is 0 Å². The van der Waals surface area contributed by atoms with Gasteiger partial charge in [-0.2, -0.15) is 0 Å². The Labute approximate surface area is 155 Å². The summed E-state index contributed by atoms with van der Waals surface area (Å²) in [5.74, 6) is -0.306. The fraction of sp³-hybridized carbons (Fsp3) is 0.389. The number of aryl methyl sites for hydroxylation is 1. The van der Waals surface area contributed by atoms with Gasteiger partial charge in [-0.15, -0.1) is 11.3 Å². The monoisotopic (exact) mass is 375 g/mol. The van der Waals surface area contributed by atoms with Crippen LogP contribution in [0.25, 0.3) is 0 Å². The van der Waals surface area contributed by atoms with Crippen LogP contribution in [-0.4, -0.2) is 42.3 Å². The number of thiophene rings is 1. The van der Waals surface area contributed by atoms with E-state index in [9.17, 15) is 14.4 Å². The zero-order valence-corrected chi connectivity index (χ0v) is 15.4. The number of nitrogens with one attached hydrogen (secondary N) is 2. The standard InChI is InChI=1S/C18H21N3O4S/c1-12-11-14(20-17(23)13-5-4-10-25-13)26-16(12)18(24)19-7-6-15(22)21-8-2-3-9-21/h4-5,10-11H,2-3,6-9H2,1H3,(H,19,24)(H,20,23). The SMILES string of the molecule is Cc1cc(NC(=O)c2ccco2)sc1C(=O)NCCC(=O)N1CCCC1. The molecule has 0 aliphatic carbocycles. The van der Waals surface area contributed by atoms with E-state index in [-0.39, 0.29) is 23.5 Å². The number of nitrogens with zero attached hydrogens (tertiary/aromatic N) is 1. The van der Waals surface area contributed by atoms with Crippen molar-refractivity contribution in [2.75, 3.05) is 25.0 Å². The first kappa shape index (κ1) is 18.2. The van der Waals surface area contributed by atoms with Crippen LogP contribution < -0.4 is 10.6 Å². The molecule has 1 fully saturated rings. The normalized spacial score (nSPS) is 13.7. The third-order valence-electron chi connectivity index (χ3n) is 4.19. The second-order valence-electron chi connectivity index (χ2n) is 6.15. The summed E-state index contributed by atoms with van der Waals surface area (Å²) in [6.45, 7) is 3.74. The first-order valence-corrected chi connectivity index (χ1v) is 9.37. The number of anilines is 1. The fourth-order valence-electron chi connectivity index (χ4n) is 2.84. The molecule has 3 heterocycles. The summed E-state index contributed by atoms with van der Waals surface area (Å²) in [7, 11) is 0. The molecule has 0 unspecified atom stereocenters. The molecule has 0 bridgehead atoms. The lowest BCUT2D eigenvalue weighted by Crippen LogP contribution is -2.32. The van der Waals surface area contributed by atoms with E-state index >= 15 is 0 Å². The quantitative estimate of drug-likeness (QED) is 0.812. The summed E-state index contributed by atoms with van der Waals surface area (Å²) in [5, 5.41) is 6.07. The van der Waals surface area contributed by atoms with Crippen LogP contribution in [-0.2, 0) is 4.79 Å². The van der Waals surface area contributed by atoms with E-state index in [1.54, 1.807) is 18.2 Å². The average Bonchev–Trinajstić information content (AvgIpc) is 3.36. The van der Waals surface area contributed by atoms with Crippen molar-refractivity contribution in [3.8, 4) is 0 Å². The fourth-order valence-corrected chi connectivity index (χ4v) is 3.82. The molecule has 26 heavy (non-hydrogen) atoms. The molecule has 1 saturated heterocycles. The lowest BCUT2D eigenvalue weighted by Gasteiger charge is -2.15. The van der Waals surface area contributed by atoms with Crippen LogP contribution in [0.3, 0.4) is 0 Å². The van der Waals surface area contributed by atoms with Crippen LogP contribution in [0.2, 0.25) is 0 Å². The molecular formula is C18H21N3O4S. The van der Waals surface area contributed by atoms with Crippen LogP contribution >= 0.6 is 11.3 Å². The Hall–Kier alpha value is -2.61. The minimum absolute atomic E-state index is 0.0806. The number of amides is 3. The molecule has 0 radical (unpaired) electrons. The molecule has 1 aliphatic rings. The van der Waals surface area contributed by atoms with E-state index < -0.39 is 0 Å². The van der Waals surface area contributed by atoms with E-state index in [0.29, 0.717) is 22.8 Å². The number of carbonyl (C=O) groups is 3. The van der Waals surface area contributed by atoms with Gasteiger partial charge in [0, 0.05) is 26.1 Å². The van der Waals surface area contributed by atoms with Crippen LogP contribution in [0.15, 0.2) is 28.9 Å². The van der Waals surface area contributed by atoms with Crippen LogP contribution in [0, 0.1) is 6.92 Å². The van der Waals surface area contributed by atoms with Gasteiger partial charge in [0.2, 0.25) is 5.91 Å². The highest BCUT2D eigenvalue weighted by molar-refractivity contribution is 7.18. The Morgan fingerprint density at radius 3 is 2.69 bits per heavy atom. The van der Waals surface area contributed by atoms with Crippen molar-refractivity contribution in [2.45, 2.75) is 26.2 Å². The van der Waals surface area contributed by atoms with Crippen molar-refractivity contribution in [3.63, 3.8) is 0 Å². The van der Waals surface area contributed by atoms with Crippen molar-refractivity contribution >= 4 is 34.1 Å². The zero-order valence-electron chi connectivity index (χ0n) is 14.5. The molecule has 7 nitrogen and oxygen atoms in total. The first-order chi connectivity index (χ1) is 12.5. The zero-order chi connectivity index (χ0) is 18.5. The van der Waals surface area contributed by atoms with Gasteiger partial charge < -0.3 is 20.0 Å². The highest BCUT2D eigenvalue weighted by Crippen LogP contribution is 2.27. The van der Waals surface area contributed by atoms with Gasteiger partial charge in [0.1, 0.15) is 0 Å². The molecule has 1 aliphatic heterocycles. The highest BCUT2D eigenvalue weighted by Gasteiger charge is 2.19. The lowest BCUT2D eigenvalue weighted by atomic mass is 10.2. The number of hydrogen-bond acceptors (Lipinski definition) is 5. The van der Waals surface area contributed by atoms with Crippen molar-refractivity contribution in [1.82, 2.24) is 10.2 Å². The Kier molecular flexibility index (Phi) is 5.72. The Balaban J connectivity index is 1.52. The largest absolute Gasteiger partial charge is 0.459 e. The second kappa shape index (κ2) is 8.18. The predicted molar refractivity (Wildman–Crippen MR) is 98.5 cm³/mol. The molecule has 2 aromatic heterocycles. The highest BCUT2D eigenvalue weighted by atomic mass is 32.1. The van der Waals surface area contributed by atoms with E-state index in [1.807, 2.05) is 11.8 Å². The van der Waals surface area contributed by atoms with Crippen LogP contribution in [0.5, 0.6) is 0 Å². The average molecular weight is 375 g/mol. The third-order valence-corrected chi connectivity index (χ3v) is 5.34. The van der Waals surface area contributed by atoms with E-state index in [2.05, 4.69) is 10.6 Å². The molecule has 138 valence electrons. The second-order valence-corrected chi connectivity index (χ2v) is 7.20. The molecule has 8 heteroatoms. The summed E-state index contributed by atoms with van der Waals surface area (Å²) < 4.78 is 5.05. The van der Waals surface area contributed by atoms with Crippen molar-refractivity contribution < 1.29 is 18.8 Å². The molecule has 3 rings (SSSR count). The summed E-state index contributed by atoms with van der Waals surface area (Å²) in [5.41, 5.74) is 0.771. The topological polar surface area (TPSA) is 91.6 Å². The number of furan rings is 1. The first-order valence-electron chi connectivity index (χ1n) is 8.56. The molecular weight excluding hydrogens is 354 g/mol. The van der Waals surface area contributed by atoms with E-state index in [0.717, 1.165) is 31.5 Å². The van der Waals surface area contributed by atoms with Gasteiger partial charge in [-0.05, 0) is 43.5 Å². The van der Waals surface area contributed by atoms with Crippen LogP contribution in [0.1, 0.15) is 45.1 Å². The van der Waals surface area contributed by atoms with Gasteiger partial charge >= 0.3 is 0 Å². The van der Waals surface area contributed by atoms with Gasteiger partial charge in [0.15, 0.2) is 5.76 Å². The lowest BCUT2D eigenvalue weighted by molar-refractivity contribution is -0.129. The smallest absolute Gasteiger partial charge is 0.291 e. The van der Waals surface area contributed by atoms with Crippen molar-refractivity contribution in [3.05, 3.63) is 40.7 Å². The maximum absolute atomic E-state index is 12.3. The van der Waals surface area contributed by atoms with Gasteiger partial charge in [-0.1, -0.05) is 0 Å². The number of rotatable bonds is 6. The number of carbonyl (C=O) groups excluding carboxylic acids is 3. The summed E-state index contributed by atoms with van der Waals surface area (Å²) in [4.78, 5) is 38.7. The Morgan fingerprint density at radius 2 is 2.00 bits per heavy atom. The van der Waals surface area contributed by atoms with Gasteiger partial charge in [0.05, 0.1) is 16.1 Å². The maximum Gasteiger partial charge on any atom is 0.291 e. The van der Waals surface area contributed by atoms with Crippen LogP contribution in [0.4, 0.5) is 5.00 Å². The van der Waals surface area contributed by atoms with E-state index in [4.69, 9.17) is 4.42 Å². The van der Waals surface area contributed by atoms with Gasteiger partial charge in [-0.25, -0.2) is 0 Å². The van der Waals surface area contributed by atoms with Gasteiger partial charge in [0.25, 0.3) is 11.8 Å². The number of likely N-dealkylation sites (tertiary alicyclic amines) is 1. The number of hydrogen-bond donors (Lipinski definition) is 2. The predicted octanol–water partition coefficient (Wildman–Crippen LogP) is 2.64. The summed E-state index contributed by atoms with van der Waals surface area (Å²) in [6.07, 6.45) is 3.84. The Bertz CT molecular complexity index is 791. The Morgan fingerprint density at radius 1 is 1.23 bits per heavy atom. The molecule has 3 amide bonds. The molecule has 2 N–H and O–H groups in total. The molecule has 2 aromatic rings. The molecule has 0 saturated carbocycles. The third kappa shape index (κ3) is 4.32.